The van der Waals surface area contributed by atoms with Crippen molar-refractivity contribution in [1.82, 2.24) is 0 Å². The highest BCUT2D eigenvalue weighted by Gasteiger charge is 2.00. The summed E-state index contributed by atoms with van der Waals surface area (Å²) in [6.07, 6.45) is 3.97. The van der Waals surface area contributed by atoms with Gasteiger partial charge in [0.2, 0.25) is 0 Å². The first-order valence-electron chi connectivity index (χ1n) is 3.92. The highest BCUT2D eigenvalue weighted by Crippen LogP contribution is 2.22. The summed E-state index contributed by atoms with van der Waals surface area (Å²) in [6, 6.07) is 7.11. The summed E-state index contributed by atoms with van der Waals surface area (Å²) in [5.41, 5.74) is 1.05. The van der Waals surface area contributed by atoms with E-state index in [9.17, 15) is 0 Å². The summed E-state index contributed by atoms with van der Waals surface area (Å²) in [5.74, 6) is 0.295. The Labute approximate surface area is 81.2 Å². The Balaban J connectivity index is 2.25. The van der Waals surface area contributed by atoms with Crippen molar-refractivity contribution in [2.24, 2.45) is 0 Å². The molecule has 1 heterocycles. The molecule has 1 aromatic rings. The maximum atomic E-state index is 9.10. The maximum Gasteiger partial charge on any atom is 0.115 e. The van der Waals surface area contributed by atoms with Gasteiger partial charge in [0.25, 0.3) is 0 Å². The van der Waals surface area contributed by atoms with Crippen molar-refractivity contribution in [3.05, 3.63) is 47.5 Å². The minimum Gasteiger partial charge on any atom is -0.508 e. The van der Waals surface area contributed by atoms with E-state index in [4.69, 9.17) is 5.11 Å². The molecule has 13 heavy (non-hydrogen) atoms. The van der Waals surface area contributed by atoms with Gasteiger partial charge in [0.1, 0.15) is 5.75 Å². The molecule has 0 atom stereocenters. The van der Waals surface area contributed by atoms with Crippen molar-refractivity contribution in [2.75, 3.05) is 4.90 Å². The topological polar surface area (TPSA) is 23.5 Å². The summed E-state index contributed by atoms with van der Waals surface area (Å²) < 4.78 is 0. The van der Waals surface area contributed by atoms with Crippen LogP contribution in [-0.4, -0.2) is 5.11 Å². The highest BCUT2D eigenvalue weighted by atomic mass is 32.2. The molecule has 1 aliphatic heterocycles. The molecular formula is C10H9NOS. The van der Waals surface area contributed by atoms with Gasteiger partial charge >= 0.3 is 0 Å². The second-order valence-corrected chi connectivity index (χ2v) is 3.45. The molecule has 2 rings (SSSR count). The SMILES string of the molecule is Oc1ccc(N2C=CSC=C2)cc1. The van der Waals surface area contributed by atoms with Crippen LogP contribution in [0.1, 0.15) is 0 Å². The van der Waals surface area contributed by atoms with Gasteiger partial charge in [-0.3, -0.25) is 0 Å². The van der Waals surface area contributed by atoms with Crippen LogP contribution in [0.2, 0.25) is 0 Å². The lowest BCUT2D eigenvalue weighted by Gasteiger charge is -2.17. The van der Waals surface area contributed by atoms with E-state index in [1.165, 1.54) is 0 Å². The van der Waals surface area contributed by atoms with Gasteiger partial charge < -0.3 is 10.0 Å². The first-order chi connectivity index (χ1) is 6.36. The van der Waals surface area contributed by atoms with Crippen LogP contribution in [0.3, 0.4) is 0 Å². The van der Waals surface area contributed by atoms with E-state index in [-0.39, 0.29) is 0 Å². The number of hydrogen-bond acceptors (Lipinski definition) is 3. The molecule has 0 fully saturated rings. The molecule has 0 saturated heterocycles. The number of phenolic OH excluding ortho intramolecular Hbond substituents is 1. The van der Waals surface area contributed by atoms with Crippen molar-refractivity contribution in [1.29, 1.82) is 0 Å². The number of nitrogens with zero attached hydrogens (tertiary/aromatic N) is 1. The zero-order valence-electron chi connectivity index (χ0n) is 6.92. The van der Waals surface area contributed by atoms with E-state index in [1.807, 2.05) is 40.2 Å². The maximum absolute atomic E-state index is 9.10. The molecule has 66 valence electrons. The molecule has 0 bridgehead atoms. The molecule has 0 amide bonds. The van der Waals surface area contributed by atoms with Gasteiger partial charge in [0.15, 0.2) is 0 Å². The molecule has 0 aromatic heterocycles. The third-order valence-electron chi connectivity index (χ3n) is 1.75. The average molecular weight is 191 g/mol. The minimum atomic E-state index is 0.295. The summed E-state index contributed by atoms with van der Waals surface area (Å²) in [5, 5.41) is 13.1. The standard InChI is InChI=1S/C10H9NOS/c12-10-3-1-9(2-4-10)11-5-7-13-8-6-11/h1-8,12H. The molecule has 3 heteroatoms. The predicted molar refractivity (Wildman–Crippen MR) is 56.5 cm³/mol. The summed E-state index contributed by atoms with van der Waals surface area (Å²) in [7, 11) is 0. The number of anilines is 1. The molecule has 1 aromatic carbocycles. The van der Waals surface area contributed by atoms with Gasteiger partial charge in [-0.25, -0.2) is 0 Å². The van der Waals surface area contributed by atoms with Crippen molar-refractivity contribution < 1.29 is 5.11 Å². The Bertz CT molecular complexity index is 330. The van der Waals surface area contributed by atoms with E-state index in [1.54, 1.807) is 23.9 Å². The fourth-order valence-corrected chi connectivity index (χ4v) is 1.59. The Morgan fingerprint density at radius 3 is 2.23 bits per heavy atom. The smallest absolute Gasteiger partial charge is 0.115 e. The Morgan fingerprint density at radius 1 is 1.00 bits per heavy atom. The Hall–Kier alpha value is -1.35. The zero-order chi connectivity index (χ0) is 9.10. The first-order valence-corrected chi connectivity index (χ1v) is 4.87. The molecule has 0 aliphatic carbocycles. The van der Waals surface area contributed by atoms with Crippen LogP contribution in [0.15, 0.2) is 47.5 Å². The normalized spacial score (nSPS) is 14.9. The van der Waals surface area contributed by atoms with Crippen molar-refractivity contribution in [2.45, 2.75) is 0 Å². The summed E-state index contributed by atoms with van der Waals surface area (Å²) >= 11 is 1.64. The van der Waals surface area contributed by atoms with Gasteiger partial charge in [-0.2, -0.15) is 0 Å². The van der Waals surface area contributed by atoms with Crippen LogP contribution in [-0.2, 0) is 0 Å². The lowest BCUT2D eigenvalue weighted by Crippen LogP contribution is -2.07. The molecule has 0 radical (unpaired) electrons. The minimum absolute atomic E-state index is 0.295. The van der Waals surface area contributed by atoms with Crippen LogP contribution in [0.25, 0.3) is 0 Å². The second kappa shape index (κ2) is 3.58. The van der Waals surface area contributed by atoms with Crippen LogP contribution >= 0.6 is 11.8 Å². The van der Waals surface area contributed by atoms with Gasteiger partial charge in [-0.05, 0) is 35.1 Å². The number of phenols is 1. The van der Waals surface area contributed by atoms with Crippen LogP contribution < -0.4 is 4.90 Å². The second-order valence-electron chi connectivity index (χ2n) is 2.63. The van der Waals surface area contributed by atoms with E-state index < -0.39 is 0 Å². The number of aromatic hydroxyl groups is 1. The quantitative estimate of drug-likeness (QED) is 0.738. The van der Waals surface area contributed by atoms with Crippen LogP contribution in [0.4, 0.5) is 5.69 Å². The predicted octanol–water partition coefficient (Wildman–Crippen LogP) is 2.89. The Kier molecular flexibility index (Phi) is 2.27. The van der Waals surface area contributed by atoms with Crippen molar-refractivity contribution >= 4 is 17.4 Å². The largest absolute Gasteiger partial charge is 0.508 e. The molecule has 2 nitrogen and oxygen atoms in total. The van der Waals surface area contributed by atoms with E-state index >= 15 is 0 Å². The van der Waals surface area contributed by atoms with Gasteiger partial charge in [0.05, 0.1) is 0 Å². The molecule has 0 saturated carbocycles. The average Bonchev–Trinajstić information content (AvgIpc) is 2.20. The zero-order valence-corrected chi connectivity index (χ0v) is 7.74. The van der Waals surface area contributed by atoms with E-state index in [0.29, 0.717) is 5.75 Å². The van der Waals surface area contributed by atoms with E-state index in [2.05, 4.69) is 0 Å². The Morgan fingerprint density at radius 2 is 1.62 bits per heavy atom. The summed E-state index contributed by atoms with van der Waals surface area (Å²) in [4.78, 5) is 2.00. The third-order valence-corrected chi connectivity index (χ3v) is 2.31. The monoisotopic (exact) mass is 191 g/mol. The van der Waals surface area contributed by atoms with Crippen molar-refractivity contribution in [3.63, 3.8) is 0 Å². The molecule has 0 unspecified atom stereocenters. The molecular weight excluding hydrogens is 182 g/mol. The fourth-order valence-electron chi connectivity index (χ4n) is 1.09. The lowest BCUT2D eigenvalue weighted by molar-refractivity contribution is 0.475. The summed E-state index contributed by atoms with van der Waals surface area (Å²) in [6.45, 7) is 0. The lowest BCUT2D eigenvalue weighted by atomic mass is 10.3. The van der Waals surface area contributed by atoms with Gasteiger partial charge in [-0.15, -0.1) is 11.8 Å². The highest BCUT2D eigenvalue weighted by molar-refractivity contribution is 8.04. The third kappa shape index (κ3) is 1.87. The van der Waals surface area contributed by atoms with E-state index in [0.717, 1.165) is 5.69 Å². The number of rotatable bonds is 1. The number of hydrogen-bond donors (Lipinski definition) is 1. The van der Waals surface area contributed by atoms with Gasteiger partial charge in [-0.1, -0.05) is 0 Å². The first kappa shape index (κ1) is 8.26. The molecule has 1 aliphatic rings. The number of benzene rings is 1. The molecule has 1 N–H and O–H groups in total. The molecule has 0 spiro atoms. The van der Waals surface area contributed by atoms with Crippen LogP contribution in [0.5, 0.6) is 5.75 Å². The van der Waals surface area contributed by atoms with Crippen LogP contribution in [0, 0.1) is 0 Å². The van der Waals surface area contributed by atoms with Gasteiger partial charge in [0, 0.05) is 18.1 Å². The number of thioether (sulfide) groups is 1. The fraction of sp³-hybridized carbons (Fsp3) is 0. The van der Waals surface area contributed by atoms with Crippen molar-refractivity contribution in [3.8, 4) is 5.75 Å².